The van der Waals surface area contributed by atoms with Gasteiger partial charge in [0, 0.05) is 24.0 Å². The van der Waals surface area contributed by atoms with Crippen molar-refractivity contribution in [2.75, 3.05) is 19.4 Å². The number of rotatable bonds is 8. The van der Waals surface area contributed by atoms with Gasteiger partial charge < -0.3 is 9.14 Å². The van der Waals surface area contributed by atoms with Crippen LogP contribution in [0.25, 0.3) is 5.65 Å². The molecule has 0 aliphatic heterocycles. The Labute approximate surface area is 168 Å². The first-order chi connectivity index (χ1) is 13.7. The number of aromatic nitrogens is 2. The molecular formula is C20H21N3O5S. The van der Waals surface area contributed by atoms with Crippen molar-refractivity contribution in [3.05, 3.63) is 71.2 Å². The minimum atomic E-state index is -3.22. The van der Waals surface area contributed by atoms with Crippen molar-refractivity contribution in [2.24, 2.45) is 0 Å². The van der Waals surface area contributed by atoms with E-state index in [1.54, 1.807) is 40.9 Å². The number of Topliss-reactive ketones (excluding diaryl/α,β-unsaturated/α-hetero) is 1. The first-order valence-electron chi connectivity index (χ1n) is 8.91. The van der Waals surface area contributed by atoms with Gasteiger partial charge >= 0.3 is 5.97 Å². The zero-order valence-corrected chi connectivity index (χ0v) is 16.9. The summed E-state index contributed by atoms with van der Waals surface area (Å²) in [4.78, 5) is 28.7. The number of imidazole rings is 1. The van der Waals surface area contributed by atoms with Crippen molar-refractivity contribution in [3.63, 3.8) is 0 Å². The lowest BCUT2D eigenvalue weighted by Crippen LogP contribution is -2.24. The summed E-state index contributed by atoms with van der Waals surface area (Å²) in [5, 5.41) is 0. The van der Waals surface area contributed by atoms with Crippen LogP contribution < -0.4 is 4.72 Å². The summed E-state index contributed by atoms with van der Waals surface area (Å²) in [7, 11) is -3.22. The molecule has 0 bridgehead atoms. The van der Waals surface area contributed by atoms with Crippen LogP contribution in [0.15, 0.2) is 48.7 Å². The lowest BCUT2D eigenvalue weighted by atomic mass is 10.1. The molecule has 1 N–H and O–H groups in total. The van der Waals surface area contributed by atoms with Gasteiger partial charge in [0.05, 0.1) is 6.26 Å². The van der Waals surface area contributed by atoms with Crippen LogP contribution in [0.1, 0.15) is 32.1 Å². The highest BCUT2D eigenvalue weighted by Crippen LogP contribution is 2.10. The van der Waals surface area contributed by atoms with Crippen molar-refractivity contribution >= 4 is 27.4 Å². The van der Waals surface area contributed by atoms with Crippen molar-refractivity contribution in [1.82, 2.24) is 14.1 Å². The summed E-state index contributed by atoms with van der Waals surface area (Å²) in [6.07, 6.45) is 3.18. The highest BCUT2D eigenvalue weighted by atomic mass is 32.2. The molecule has 0 spiro atoms. The topological polar surface area (TPSA) is 107 Å². The summed E-state index contributed by atoms with van der Waals surface area (Å²) < 4.78 is 31.4. The van der Waals surface area contributed by atoms with E-state index < -0.39 is 16.0 Å². The van der Waals surface area contributed by atoms with E-state index in [2.05, 4.69) is 9.71 Å². The Morgan fingerprint density at radius 1 is 1.14 bits per heavy atom. The van der Waals surface area contributed by atoms with Crippen molar-refractivity contribution in [2.45, 2.75) is 13.3 Å². The van der Waals surface area contributed by atoms with E-state index >= 15 is 0 Å². The molecule has 3 rings (SSSR count). The molecule has 1 aromatic carbocycles. The molecule has 8 nitrogen and oxygen atoms in total. The van der Waals surface area contributed by atoms with Gasteiger partial charge in [-0.1, -0.05) is 30.3 Å². The third-order valence-electron chi connectivity index (χ3n) is 4.29. The number of ketones is 1. The Morgan fingerprint density at radius 3 is 2.52 bits per heavy atom. The van der Waals surface area contributed by atoms with E-state index in [0.29, 0.717) is 17.6 Å². The van der Waals surface area contributed by atoms with Crippen LogP contribution in [0.2, 0.25) is 0 Å². The number of aryl methyl sites for hydroxylation is 1. The van der Waals surface area contributed by atoms with Crippen LogP contribution in [0.5, 0.6) is 0 Å². The molecule has 0 aliphatic rings. The minimum absolute atomic E-state index is 0.140. The van der Waals surface area contributed by atoms with Gasteiger partial charge in [-0.05, 0) is 31.0 Å². The van der Waals surface area contributed by atoms with Crippen molar-refractivity contribution in [3.8, 4) is 0 Å². The number of pyridine rings is 1. The predicted molar refractivity (Wildman–Crippen MR) is 108 cm³/mol. The average molecular weight is 415 g/mol. The smallest absolute Gasteiger partial charge is 0.359 e. The van der Waals surface area contributed by atoms with Gasteiger partial charge in [0.15, 0.2) is 18.1 Å². The Kier molecular flexibility index (Phi) is 6.09. The maximum Gasteiger partial charge on any atom is 0.359 e. The van der Waals surface area contributed by atoms with Crippen molar-refractivity contribution in [1.29, 1.82) is 0 Å². The van der Waals surface area contributed by atoms with Crippen LogP contribution in [0, 0.1) is 6.92 Å². The van der Waals surface area contributed by atoms with Gasteiger partial charge in [0.25, 0.3) is 0 Å². The van der Waals surface area contributed by atoms with Crippen LogP contribution in [0.3, 0.4) is 0 Å². The lowest BCUT2D eigenvalue weighted by Gasteiger charge is -2.05. The number of sulfonamides is 1. The highest BCUT2D eigenvalue weighted by Gasteiger charge is 2.15. The van der Waals surface area contributed by atoms with E-state index in [4.69, 9.17) is 4.74 Å². The molecule has 29 heavy (non-hydrogen) atoms. The molecule has 0 saturated carbocycles. The minimum Gasteiger partial charge on any atom is -0.453 e. The summed E-state index contributed by atoms with van der Waals surface area (Å²) >= 11 is 0. The second-order valence-electron chi connectivity index (χ2n) is 6.63. The Morgan fingerprint density at radius 2 is 1.86 bits per heavy atom. The van der Waals surface area contributed by atoms with E-state index in [1.165, 1.54) is 0 Å². The van der Waals surface area contributed by atoms with Crippen LogP contribution in [-0.2, 0) is 21.2 Å². The van der Waals surface area contributed by atoms with Crippen LogP contribution in [0.4, 0.5) is 0 Å². The predicted octanol–water partition coefficient (Wildman–Crippen LogP) is 1.77. The SMILES string of the molecule is Cc1cccc2nc(C(=O)OCC(=O)c3ccc(CCNS(C)(=O)=O)cc3)cn12. The molecule has 9 heteroatoms. The number of benzene rings is 1. The van der Waals surface area contributed by atoms with Crippen LogP contribution >= 0.6 is 0 Å². The molecule has 2 aromatic heterocycles. The maximum atomic E-state index is 12.3. The molecule has 0 unspecified atom stereocenters. The van der Waals surface area contributed by atoms with Gasteiger partial charge in [-0.25, -0.2) is 22.9 Å². The third kappa shape index (κ3) is 5.49. The summed E-state index contributed by atoms with van der Waals surface area (Å²) in [5.74, 6) is -0.996. The summed E-state index contributed by atoms with van der Waals surface area (Å²) in [6, 6.07) is 12.3. The molecule has 0 saturated heterocycles. The third-order valence-corrected chi connectivity index (χ3v) is 5.02. The van der Waals surface area contributed by atoms with Crippen molar-refractivity contribution < 1.29 is 22.7 Å². The number of carbonyl (C=O) groups is 2. The number of fused-ring (bicyclic) bond motifs is 1. The van der Waals surface area contributed by atoms with E-state index in [9.17, 15) is 18.0 Å². The first-order valence-corrected chi connectivity index (χ1v) is 10.8. The Hall–Kier alpha value is -3.04. The monoisotopic (exact) mass is 415 g/mol. The van der Waals surface area contributed by atoms with Gasteiger partial charge in [-0.15, -0.1) is 0 Å². The van der Waals surface area contributed by atoms with Gasteiger partial charge in [-0.3, -0.25) is 4.79 Å². The summed E-state index contributed by atoms with van der Waals surface area (Å²) in [6.45, 7) is 1.79. The van der Waals surface area contributed by atoms with Crippen LogP contribution in [-0.4, -0.2) is 49.0 Å². The van der Waals surface area contributed by atoms with E-state index in [0.717, 1.165) is 17.5 Å². The largest absolute Gasteiger partial charge is 0.453 e. The number of hydrogen-bond acceptors (Lipinski definition) is 6. The Balaban J connectivity index is 1.55. The molecule has 0 fully saturated rings. The fraction of sp³-hybridized carbons (Fsp3) is 0.250. The quantitative estimate of drug-likeness (QED) is 0.444. The zero-order chi connectivity index (χ0) is 21.0. The molecule has 2 heterocycles. The molecule has 0 radical (unpaired) electrons. The maximum absolute atomic E-state index is 12.3. The highest BCUT2D eigenvalue weighted by molar-refractivity contribution is 7.88. The number of hydrogen-bond donors (Lipinski definition) is 1. The number of ether oxygens (including phenoxy) is 1. The van der Waals surface area contributed by atoms with Gasteiger partial charge in [0.2, 0.25) is 10.0 Å². The lowest BCUT2D eigenvalue weighted by molar-refractivity contribution is 0.0469. The standard InChI is InChI=1S/C20H21N3O5S/c1-14-4-3-5-19-22-17(12-23(14)19)20(25)28-13-18(24)16-8-6-15(7-9-16)10-11-21-29(2,26)27/h3-9,12,21H,10-11,13H2,1-2H3. The number of esters is 1. The first kappa shape index (κ1) is 20.7. The zero-order valence-electron chi connectivity index (χ0n) is 16.1. The molecule has 0 atom stereocenters. The van der Waals surface area contributed by atoms with Gasteiger partial charge in [0.1, 0.15) is 5.65 Å². The second-order valence-corrected chi connectivity index (χ2v) is 8.47. The van der Waals surface area contributed by atoms with E-state index in [-0.39, 0.29) is 24.6 Å². The number of nitrogens with zero attached hydrogens (tertiary/aromatic N) is 2. The normalized spacial score (nSPS) is 11.5. The molecule has 3 aromatic rings. The summed E-state index contributed by atoms with van der Waals surface area (Å²) in [5.41, 5.74) is 2.99. The number of carbonyl (C=O) groups excluding carboxylic acids is 2. The molecule has 0 amide bonds. The second kappa shape index (κ2) is 8.54. The molecule has 0 aliphatic carbocycles. The Bertz CT molecular complexity index is 1150. The number of nitrogens with one attached hydrogen (secondary N) is 1. The fourth-order valence-electron chi connectivity index (χ4n) is 2.77. The van der Waals surface area contributed by atoms with Gasteiger partial charge in [-0.2, -0.15) is 0 Å². The fourth-order valence-corrected chi connectivity index (χ4v) is 3.25. The van der Waals surface area contributed by atoms with E-state index in [1.807, 2.05) is 19.1 Å². The molecular weight excluding hydrogens is 394 g/mol. The molecule has 152 valence electrons. The average Bonchev–Trinajstić information content (AvgIpc) is 3.11.